The Morgan fingerprint density at radius 3 is 2.00 bits per heavy atom. The maximum absolute atomic E-state index is 3.50. The van der Waals surface area contributed by atoms with Gasteiger partial charge in [0.05, 0.1) is 0 Å². The third kappa shape index (κ3) is 2.39. The Labute approximate surface area is 120 Å². The Hall–Kier alpha value is -2.28. The van der Waals surface area contributed by atoms with Gasteiger partial charge in [-0.05, 0) is 72.5 Å². The van der Waals surface area contributed by atoms with Crippen molar-refractivity contribution in [1.29, 1.82) is 0 Å². The fourth-order valence-corrected chi connectivity index (χ4v) is 2.54. The number of aryl methyl sites for hydroxylation is 2. The van der Waals surface area contributed by atoms with Gasteiger partial charge in [-0.1, -0.05) is 30.3 Å². The molecule has 0 saturated carbocycles. The molecule has 0 radical (unpaired) electrons. The zero-order chi connectivity index (χ0) is 14.1. The minimum atomic E-state index is 1.13. The third-order valence-corrected chi connectivity index (χ3v) is 3.97. The van der Waals surface area contributed by atoms with Crippen LogP contribution in [0.4, 0.5) is 11.4 Å². The van der Waals surface area contributed by atoms with Crippen molar-refractivity contribution in [2.24, 2.45) is 0 Å². The lowest BCUT2D eigenvalue weighted by Crippen LogP contribution is -1.94. The van der Waals surface area contributed by atoms with Gasteiger partial charge in [-0.15, -0.1) is 0 Å². The third-order valence-electron chi connectivity index (χ3n) is 3.97. The number of hydrogen-bond acceptors (Lipinski definition) is 1. The van der Waals surface area contributed by atoms with Crippen LogP contribution in [0, 0.1) is 20.8 Å². The van der Waals surface area contributed by atoms with Crippen molar-refractivity contribution in [2.45, 2.75) is 20.8 Å². The van der Waals surface area contributed by atoms with Gasteiger partial charge in [0.2, 0.25) is 0 Å². The Morgan fingerprint density at radius 2 is 1.30 bits per heavy atom. The molecule has 0 saturated heterocycles. The monoisotopic (exact) mass is 261 g/mol. The molecule has 0 heterocycles. The SMILES string of the molecule is Cc1cc(Nc2ccc3ccccc3c2)cc(C)c1C. The summed E-state index contributed by atoms with van der Waals surface area (Å²) in [5.74, 6) is 0. The molecule has 20 heavy (non-hydrogen) atoms. The molecule has 0 unspecified atom stereocenters. The van der Waals surface area contributed by atoms with Crippen LogP contribution in [0.3, 0.4) is 0 Å². The maximum atomic E-state index is 3.50. The van der Waals surface area contributed by atoms with E-state index in [0.29, 0.717) is 0 Å². The van der Waals surface area contributed by atoms with Crippen LogP contribution in [0.2, 0.25) is 0 Å². The zero-order valence-corrected chi connectivity index (χ0v) is 12.2. The summed E-state index contributed by atoms with van der Waals surface area (Å²) in [4.78, 5) is 0. The van der Waals surface area contributed by atoms with Gasteiger partial charge in [0.1, 0.15) is 0 Å². The summed E-state index contributed by atoms with van der Waals surface area (Å²) >= 11 is 0. The molecule has 1 nitrogen and oxygen atoms in total. The van der Waals surface area contributed by atoms with E-state index >= 15 is 0 Å². The highest BCUT2D eigenvalue weighted by molar-refractivity contribution is 5.86. The van der Waals surface area contributed by atoms with Crippen molar-refractivity contribution in [2.75, 3.05) is 5.32 Å². The Bertz CT molecular complexity index is 749. The van der Waals surface area contributed by atoms with E-state index < -0.39 is 0 Å². The first-order valence-corrected chi connectivity index (χ1v) is 6.97. The number of nitrogens with one attached hydrogen (secondary N) is 1. The van der Waals surface area contributed by atoms with E-state index in [1.54, 1.807) is 0 Å². The quantitative estimate of drug-likeness (QED) is 0.641. The smallest absolute Gasteiger partial charge is 0.0390 e. The molecule has 0 aliphatic carbocycles. The van der Waals surface area contributed by atoms with Crippen LogP contribution >= 0.6 is 0 Å². The number of anilines is 2. The summed E-state index contributed by atoms with van der Waals surface area (Å²) in [6.07, 6.45) is 0. The molecular weight excluding hydrogens is 242 g/mol. The van der Waals surface area contributed by atoms with Crippen molar-refractivity contribution in [3.8, 4) is 0 Å². The standard InChI is InChI=1S/C19H19N/c1-13-10-19(11-14(2)15(13)3)20-18-9-8-16-6-4-5-7-17(16)12-18/h4-12,20H,1-3H3. The van der Waals surface area contributed by atoms with E-state index in [9.17, 15) is 0 Å². The Morgan fingerprint density at radius 1 is 0.650 bits per heavy atom. The minimum absolute atomic E-state index is 1.13. The molecular formula is C19H19N. The molecule has 0 atom stereocenters. The minimum Gasteiger partial charge on any atom is -0.355 e. The first kappa shape index (κ1) is 12.7. The van der Waals surface area contributed by atoms with Crippen LogP contribution in [0.5, 0.6) is 0 Å². The Kier molecular flexibility index (Phi) is 3.19. The summed E-state index contributed by atoms with van der Waals surface area (Å²) in [5, 5.41) is 6.04. The summed E-state index contributed by atoms with van der Waals surface area (Å²) in [6, 6.07) is 19.3. The normalized spacial score (nSPS) is 10.8. The Balaban J connectivity index is 1.96. The van der Waals surface area contributed by atoms with Crippen molar-refractivity contribution >= 4 is 22.1 Å². The molecule has 0 aliphatic rings. The van der Waals surface area contributed by atoms with Crippen LogP contribution in [0.25, 0.3) is 10.8 Å². The average Bonchev–Trinajstić information content (AvgIpc) is 2.44. The lowest BCUT2D eigenvalue weighted by molar-refractivity contribution is 1.26. The van der Waals surface area contributed by atoms with E-state index in [0.717, 1.165) is 11.4 Å². The van der Waals surface area contributed by atoms with Crippen molar-refractivity contribution < 1.29 is 0 Å². The highest BCUT2D eigenvalue weighted by Crippen LogP contribution is 2.25. The summed E-state index contributed by atoms with van der Waals surface area (Å²) in [5.41, 5.74) is 6.31. The van der Waals surface area contributed by atoms with Gasteiger partial charge in [-0.25, -0.2) is 0 Å². The van der Waals surface area contributed by atoms with Gasteiger partial charge < -0.3 is 5.32 Å². The molecule has 0 bridgehead atoms. The highest BCUT2D eigenvalue weighted by Gasteiger charge is 2.02. The lowest BCUT2D eigenvalue weighted by atomic mass is 10.0. The van der Waals surface area contributed by atoms with Gasteiger partial charge in [-0.3, -0.25) is 0 Å². The molecule has 1 heteroatoms. The summed E-state index contributed by atoms with van der Waals surface area (Å²) in [6.45, 7) is 6.49. The van der Waals surface area contributed by atoms with E-state index in [2.05, 4.69) is 80.7 Å². The van der Waals surface area contributed by atoms with Crippen molar-refractivity contribution in [3.05, 3.63) is 71.3 Å². The fraction of sp³-hybridized carbons (Fsp3) is 0.158. The highest BCUT2D eigenvalue weighted by atomic mass is 14.9. The molecule has 0 spiro atoms. The molecule has 3 aromatic carbocycles. The van der Waals surface area contributed by atoms with Crippen LogP contribution in [-0.2, 0) is 0 Å². The van der Waals surface area contributed by atoms with E-state index in [1.165, 1.54) is 27.5 Å². The number of hydrogen-bond donors (Lipinski definition) is 1. The van der Waals surface area contributed by atoms with Crippen LogP contribution in [0.1, 0.15) is 16.7 Å². The molecule has 100 valence electrons. The second-order valence-corrected chi connectivity index (χ2v) is 5.42. The van der Waals surface area contributed by atoms with Crippen LogP contribution < -0.4 is 5.32 Å². The number of benzene rings is 3. The first-order chi connectivity index (χ1) is 9.63. The molecule has 0 aromatic heterocycles. The predicted molar refractivity (Wildman–Crippen MR) is 87.9 cm³/mol. The number of rotatable bonds is 2. The molecule has 0 aliphatic heterocycles. The largest absolute Gasteiger partial charge is 0.355 e. The van der Waals surface area contributed by atoms with Crippen molar-refractivity contribution in [3.63, 3.8) is 0 Å². The molecule has 3 aromatic rings. The average molecular weight is 261 g/mol. The van der Waals surface area contributed by atoms with E-state index in [4.69, 9.17) is 0 Å². The second kappa shape index (κ2) is 5.01. The molecule has 0 fully saturated rings. The molecule has 3 rings (SSSR count). The zero-order valence-electron chi connectivity index (χ0n) is 12.2. The lowest BCUT2D eigenvalue weighted by Gasteiger charge is -2.12. The summed E-state index contributed by atoms with van der Waals surface area (Å²) in [7, 11) is 0. The fourth-order valence-electron chi connectivity index (χ4n) is 2.54. The molecule has 1 N–H and O–H groups in total. The van der Waals surface area contributed by atoms with Gasteiger partial charge in [0, 0.05) is 11.4 Å². The van der Waals surface area contributed by atoms with Gasteiger partial charge >= 0.3 is 0 Å². The second-order valence-electron chi connectivity index (χ2n) is 5.42. The topological polar surface area (TPSA) is 12.0 Å². The van der Waals surface area contributed by atoms with Gasteiger partial charge in [0.25, 0.3) is 0 Å². The maximum Gasteiger partial charge on any atom is 0.0390 e. The van der Waals surface area contributed by atoms with Crippen LogP contribution in [-0.4, -0.2) is 0 Å². The molecule has 0 amide bonds. The first-order valence-electron chi connectivity index (χ1n) is 6.97. The van der Waals surface area contributed by atoms with E-state index in [1.807, 2.05) is 0 Å². The van der Waals surface area contributed by atoms with E-state index in [-0.39, 0.29) is 0 Å². The van der Waals surface area contributed by atoms with Crippen molar-refractivity contribution in [1.82, 2.24) is 0 Å². The van der Waals surface area contributed by atoms with Crippen LogP contribution in [0.15, 0.2) is 54.6 Å². The van der Waals surface area contributed by atoms with Gasteiger partial charge in [0.15, 0.2) is 0 Å². The predicted octanol–water partition coefficient (Wildman–Crippen LogP) is 5.51. The van der Waals surface area contributed by atoms with Gasteiger partial charge in [-0.2, -0.15) is 0 Å². The number of fused-ring (bicyclic) bond motifs is 1. The summed E-state index contributed by atoms with van der Waals surface area (Å²) < 4.78 is 0.